The highest BCUT2D eigenvalue weighted by Gasteiger charge is 2.36. The first kappa shape index (κ1) is 17.9. The van der Waals surface area contributed by atoms with E-state index in [-0.39, 0.29) is 18.2 Å². The van der Waals surface area contributed by atoms with Crippen molar-refractivity contribution in [2.75, 3.05) is 17.9 Å². The van der Waals surface area contributed by atoms with E-state index in [4.69, 9.17) is 4.74 Å². The lowest BCUT2D eigenvalue weighted by Gasteiger charge is -2.33. The molecule has 0 saturated heterocycles. The Balaban J connectivity index is 1.74. The fraction of sp³-hybridized carbons (Fsp3) is 0.263. The summed E-state index contributed by atoms with van der Waals surface area (Å²) in [5.74, 6) is 1.18. The van der Waals surface area contributed by atoms with Crippen molar-refractivity contribution in [2.45, 2.75) is 17.5 Å². The number of methoxy groups -OCH3 is 1. The van der Waals surface area contributed by atoms with Crippen molar-refractivity contribution in [2.24, 2.45) is 11.0 Å². The molecular formula is C19H15F3N2O2S. The van der Waals surface area contributed by atoms with Gasteiger partial charge in [-0.2, -0.15) is 18.3 Å². The Labute approximate surface area is 158 Å². The van der Waals surface area contributed by atoms with Gasteiger partial charge < -0.3 is 4.74 Å². The van der Waals surface area contributed by atoms with Crippen LogP contribution in [0.25, 0.3) is 0 Å². The molecule has 1 atom stereocenters. The Hall–Kier alpha value is -2.48. The molecule has 2 heterocycles. The van der Waals surface area contributed by atoms with Crippen LogP contribution in [-0.2, 0) is 11.0 Å². The average Bonchev–Trinajstić information content (AvgIpc) is 2.66. The van der Waals surface area contributed by atoms with E-state index in [0.29, 0.717) is 11.4 Å². The monoisotopic (exact) mass is 392 g/mol. The number of ether oxygens (including phenoxy) is 1. The summed E-state index contributed by atoms with van der Waals surface area (Å²) in [5.41, 5.74) is 1.23. The van der Waals surface area contributed by atoms with Gasteiger partial charge in [0.15, 0.2) is 0 Å². The molecule has 27 heavy (non-hydrogen) atoms. The molecule has 0 bridgehead atoms. The second-order valence-electron chi connectivity index (χ2n) is 6.31. The fourth-order valence-electron chi connectivity index (χ4n) is 3.20. The van der Waals surface area contributed by atoms with Gasteiger partial charge in [-0.15, -0.1) is 11.8 Å². The zero-order valence-corrected chi connectivity index (χ0v) is 15.1. The number of carbonyl (C=O) groups excluding carboxylic acids is 1. The molecule has 0 spiro atoms. The summed E-state index contributed by atoms with van der Waals surface area (Å²) >= 11 is 1.67. The van der Waals surface area contributed by atoms with Crippen LogP contribution in [0.5, 0.6) is 5.75 Å². The van der Waals surface area contributed by atoms with Crippen molar-refractivity contribution in [3.8, 4) is 5.75 Å². The van der Waals surface area contributed by atoms with Crippen molar-refractivity contribution in [3.05, 3.63) is 53.6 Å². The first-order chi connectivity index (χ1) is 12.9. The Kier molecular flexibility index (Phi) is 4.38. The molecule has 4 nitrogen and oxygen atoms in total. The number of fused-ring (bicyclic) bond motifs is 3. The molecular weight excluding hydrogens is 377 g/mol. The minimum atomic E-state index is -4.42. The van der Waals surface area contributed by atoms with E-state index < -0.39 is 11.7 Å². The normalized spacial score (nSPS) is 19.3. The molecule has 2 aliphatic heterocycles. The Morgan fingerprint density at radius 2 is 1.93 bits per heavy atom. The van der Waals surface area contributed by atoms with Crippen LogP contribution in [0.4, 0.5) is 18.9 Å². The van der Waals surface area contributed by atoms with E-state index in [2.05, 4.69) is 5.10 Å². The van der Waals surface area contributed by atoms with Crippen LogP contribution in [0.15, 0.2) is 52.5 Å². The smallest absolute Gasteiger partial charge is 0.416 e. The van der Waals surface area contributed by atoms with Gasteiger partial charge in [0.1, 0.15) is 5.75 Å². The van der Waals surface area contributed by atoms with E-state index >= 15 is 0 Å². The second kappa shape index (κ2) is 6.60. The second-order valence-corrected chi connectivity index (χ2v) is 7.37. The van der Waals surface area contributed by atoms with Crippen LogP contribution < -0.4 is 9.75 Å². The third kappa shape index (κ3) is 3.29. The maximum Gasteiger partial charge on any atom is 0.416 e. The number of hydrogen-bond acceptors (Lipinski definition) is 4. The summed E-state index contributed by atoms with van der Waals surface area (Å²) in [7, 11) is 1.58. The van der Waals surface area contributed by atoms with E-state index in [1.807, 2.05) is 18.2 Å². The summed E-state index contributed by atoms with van der Waals surface area (Å²) in [6.45, 7) is 0. The van der Waals surface area contributed by atoms with Crippen LogP contribution in [0.1, 0.15) is 17.5 Å². The molecule has 1 unspecified atom stereocenters. The molecule has 0 aromatic heterocycles. The molecule has 0 saturated carbocycles. The summed E-state index contributed by atoms with van der Waals surface area (Å²) in [5, 5.41) is 5.71. The molecule has 8 heteroatoms. The number of halogens is 3. The van der Waals surface area contributed by atoms with Crippen molar-refractivity contribution in [3.63, 3.8) is 0 Å². The summed E-state index contributed by atoms with van der Waals surface area (Å²) in [6.07, 6.45) is -4.15. The van der Waals surface area contributed by atoms with E-state index in [1.165, 1.54) is 17.1 Å². The lowest BCUT2D eigenvalue weighted by molar-refractivity contribution is -0.137. The Morgan fingerprint density at radius 3 is 2.59 bits per heavy atom. The van der Waals surface area contributed by atoms with Gasteiger partial charge in [-0.05, 0) is 42.5 Å². The van der Waals surface area contributed by atoms with Gasteiger partial charge in [0.05, 0.1) is 24.1 Å². The highest BCUT2D eigenvalue weighted by atomic mass is 32.2. The van der Waals surface area contributed by atoms with Crippen LogP contribution in [-0.4, -0.2) is 24.5 Å². The zero-order chi connectivity index (χ0) is 19.2. The van der Waals surface area contributed by atoms with Gasteiger partial charge in [-0.3, -0.25) is 4.79 Å². The van der Waals surface area contributed by atoms with Crippen molar-refractivity contribution in [1.29, 1.82) is 0 Å². The van der Waals surface area contributed by atoms with Crippen molar-refractivity contribution in [1.82, 2.24) is 0 Å². The molecule has 2 aliphatic rings. The lowest BCUT2D eigenvalue weighted by atomic mass is 9.92. The molecule has 0 fully saturated rings. The molecule has 0 aliphatic carbocycles. The van der Waals surface area contributed by atoms with Crippen LogP contribution in [0.3, 0.4) is 0 Å². The van der Waals surface area contributed by atoms with Gasteiger partial charge in [-0.25, -0.2) is 5.01 Å². The molecule has 0 N–H and O–H groups in total. The van der Waals surface area contributed by atoms with Gasteiger partial charge in [0.25, 0.3) is 0 Å². The first-order valence-electron chi connectivity index (χ1n) is 8.27. The van der Waals surface area contributed by atoms with Crippen LogP contribution >= 0.6 is 11.8 Å². The molecule has 4 rings (SSSR count). The van der Waals surface area contributed by atoms with Gasteiger partial charge in [0.2, 0.25) is 5.91 Å². The molecule has 2 aromatic rings. The number of hydrazone groups is 1. The van der Waals surface area contributed by atoms with E-state index in [1.54, 1.807) is 18.9 Å². The number of benzene rings is 2. The molecule has 140 valence electrons. The van der Waals surface area contributed by atoms with Gasteiger partial charge in [0, 0.05) is 28.6 Å². The number of alkyl halides is 3. The van der Waals surface area contributed by atoms with Crippen LogP contribution in [0.2, 0.25) is 0 Å². The number of hydrogen-bond donors (Lipinski definition) is 0. The topological polar surface area (TPSA) is 41.9 Å². The summed E-state index contributed by atoms with van der Waals surface area (Å²) < 4.78 is 43.6. The highest BCUT2D eigenvalue weighted by Crippen LogP contribution is 2.39. The average molecular weight is 392 g/mol. The molecule has 2 aromatic carbocycles. The van der Waals surface area contributed by atoms with Crippen molar-refractivity contribution < 1.29 is 22.7 Å². The standard InChI is InChI=1S/C19H15F3N2O2S/c1-26-14-6-7-16-15(9-14)18-11(10-27-16)8-17(25)24(23-18)13-4-2-12(3-5-13)19(20,21)22/h2-7,9,11H,8,10H2,1H3. The minimum absolute atomic E-state index is 0.0206. The van der Waals surface area contributed by atoms with E-state index in [9.17, 15) is 18.0 Å². The third-order valence-electron chi connectivity index (χ3n) is 4.59. The lowest BCUT2D eigenvalue weighted by Crippen LogP contribution is -2.39. The molecule has 1 amide bonds. The summed E-state index contributed by atoms with van der Waals surface area (Å²) in [4.78, 5) is 13.6. The minimum Gasteiger partial charge on any atom is -0.497 e. The number of amides is 1. The quantitative estimate of drug-likeness (QED) is 0.752. The SMILES string of the molecule is COc1ccc2c(c1)C1=NN(c3ccc(C(F)(F)F)cc3)C(=O)CC1CS2. The Bertz CT molecular complexity index is 926. The fourth-order valence-corrected chi connectivity index (χ4v) is 4.34. The number of thioether (sulfide) groups is 1. The first-order valence-corrected chi connectivity index (χ1v) is 9.25. The largest absolute Gasteiger partial charge is 0.497 e. The van der Waals surface area contributed by atoms with Gasteiger partial charge in [-0.1, -0.05) is 0 Å². The van der Waals surface area contributed by atoms with Crippen LogP contribution in [0, 0.1) is 5.92 Å². The number of rotatable bonds is 2. The maximum atomic E-state index is 12.8. The van der Waals surface area contributed by atoms with Crippen molar-refractivity contribution >= 4 is 29.1 Å². The number of anilines is 1. The third-order valence-corrected chi connectivity index (χ3v) is 5.83. The predicted octanol–water partition coefficient (Wildman–Crippen LogP) is 4.58. The number of carbonyl (C=O) groups is 1. The zero-order valence-electron chi connectivity index (χ0n) is 14.3. The van der Waals surface area contributed by atoms with E-state index in [0.717, 1.165) is 34.1 Å². The highest BCUT2D eigenvalue weighted by molar-refractivity contribution is 7.99. The number of nitrogens with zero attached hydrogens (tertiary/aromatic N) is 2. The summed E-state index contributed by atoms with van der Waals surface area (Å²) in [6, 6.07) is 10.2. The Morgan fingerprint density at radius 1 is 1.19 bits per heavy atom. The maximum absolute atomic E-state index is 12.8. The van der Waals surface area contributed by atoms with Gasteiger partial charge >= 0.3 is 6.18 Å². The molecule has 0 radical (unpaired) electrons. The predicted molar refractivity (Wildman–Crippen MR) is 97.3 cm³/mol.